The number of aromatic nitrogens is 4. The van der Waals surface area contributed by atoms with Gasteiger partial charge in [-0.1, -0.05) is 47.5 Å². The number of aryl methyl sites for hydroxylation is 1. The number of anilines is 3. The molecule has 14 heteroatoms. The Morgan fingerprint density at radius 1 is 0.943 bits per heavy atom. The predicted octanol–water partition coefficient (Wildman–Crippen LogP) is 7.67. The second-order valence-corrected chi connectivity index (χ2v) is 14.7. The number of esters is 1. The molecule has 1 amide bonds. The highest BCUT2D eigenvalue weighted by molar-refractivity contribution is 6.39. The van der Waals surface area contributed by atoms with Gasteiger partial charge in [-0.05, 0) is 74.7 Å². The Hall–Kier alpha value is -4.62. The van der Waals surface area contributed by atoms with Gasteiger partial charge in [0.25, 0.3) is 5.91 Å². The third-order valence-electron chi connectivity index (χ3n) is 10.5. The van der Waals surface area contributed by atoms with Gasteiger partial charge in [-0.2, -0.15) is 5.10 Å². The van der Waals surface area contributed by atoms with Crippen LogP contribution in [-0.2, 0) is 22.6 Å². The van der Waals surface area contributed by atoms with Crippen LogP contribution in [0, 0.1) is 5.92 Å². The molecule has 0 saturated carbocycles. The molecule has 0 bridgehead atoms. The van der Waals surface area contributed by atoms with Gasteiger partial charge in [-0.3, -0.25) is 29.1 Å². The molecule has 8 rings (SSSR count). The summed E-state index contributed by atoms with van der Waals surface area (Å²) < 4.78 is 20.2. The monoisotopic (exact) mass is 756 g/mol. The normalized spacial score (nSPS) is 18.4. The summed E-state index contributed by atoms with van der Waals surface area (Å²) in [5.74, 6) is -0.0222. The number of piperidine rings is 1. The molecule has 2 N–H and O–H groups in total. The molecule has 3 aliphatic heterocycles. The number of rotatable bonds is 9. The van der Waals surface area contributed by atoms with Crippen molar-refractivity contribution in [3.05, 3.63) is 94.0 Å². The van der Waals surface area contributed by atoms with Crippen LogP contribution < -0.4 is 10.6 Å². The summed E-state index contributed by atoms with van der Waals surface area (Å²) in [6, 6.07) is 17.0. The Morgan fingerprint density at radius 2 is 1.68 bits per heavy atom. The lowest BCUT2D eigenvalue weighted by Gasteiger charge is -2.38. The fourth-order valence-electron chi connectivity index (χ4n) is 7.72. The van der Waals surface area contributed by atoms with Crippen LogP contribution in [0.25, 0.3) is 22.0 Å². The zero-order valence-electron chi connectivity index (χ0n) is 29.2. The van der Waals surface area contributed by atoms with E-state index in [1.807, 2.05) is 58.1 Å². The van der Waals surface area contributed by atoms with E-state index in [1.165, 1.54) is 7.11 Å². The summed E-state index contributed by atoms with van der Waals surface area (Å²) in [6.07, 6.45) is 6.19. The highest BCUT2D eigenvalue weighted by atomic mass is 35.5. The van der Waals surface area contributed by atoms with Crippen molar-refractivity contribution in [2.75, 3.05) is 43.9 Å². The van der Waals surface area contributed by atoms with Gasteiger partial charge >= 0.3 is 5.97 Å². The molecule has 274 valence electrons. The van der Waals surface area contributed by atoms with E-state index in [-0.39, 0.29) is 23.8 Å². The number of alkyl halides is 1. The van der Waals surface area contributed by atoms with Gasteiger partial charge in [0.05, 0.1) is 46.2 Å². The number of carbonyl (C=O) groups is 2. The zero-order chi connectivity index (χ0) is 36.6. The summed E-state index contributed by atoms with van der Waals surface area (Å²) in [6.45, 7) is 3.86. The standard InChI is InChI=1S/C39H39Cl2FN8O3/c1-53-39(52)24-11-15-49(16-12-24)32-9-4-14-50-33(32)18-31(47-50)38(51)46-30-8-3-6-28(35(30)41)27-5-2-7-29(34(27)40)45-37-36-25(10-13-43-37)17-23(19-44-36)20-48-21-26(42)22-48/h2-3,5-8,10,13,17-19,24,26,32H,4,9,11-12,14-16,20-22H2,1H3,(H,43,45)(H,46,51)/t32-/m0/s1. The Labute approximate surface area is 316 Å². The number of halogens is 3. The maximum absolute atomic E-state index is 13.6. The van der Waals surface area contributed by atoms with Crippen molar-refractivity contribution < 1.29 is 18.7 Å². The third-order valence-corrected chi connectivity index (χ3v) is 11.3. The molecule has 2 saturated heterocycles. The molecule has 11 nitrogen and oxygen atoms in total. The summed E-state index contributed by atoms with van der Waals surface area (Å²) in [5, 5.41) is 12.7. The number of pyridine rings is 2. The number of likely N-dealkylation sites (tertiary alicyclic amines) is 2. The highest BCUT2D eigenvalue weighted by Gasteiger charge is 2.34. The summed E-state index contributed by atoms with van der Waals surface area (Å²) in [4.78, 5) is 39.3. The maximum Gasteiger partial charge on any atom is 0.308 e. The molecule has 0 radical (unpaired) electrons. The maximum atomic E-state index is 13.6. The van der Waals surface area contributed by atoms with Gasteiger partial charge in [-0.25, -0.2) is 9.37 Å². The lowest BCUT2D eigenvalue weighted by Crippen LogP contribution is -2.47. The smallest absolute Gasteiger partial charge is 0.308 e. The molecular formula is C39H39Cl2FN8O3. The first-order chi connectivity index (χ1) is 25.7. The topological polar surface area (TPSA) is 118 Å². The van der Waals surface area contributed by atoms with Gasteiger partial charge in [0.15, 0.2) is 11.5 Å². The van der Waals surface area contributed by atoms with Crippen molar-refractivity contribution in [3.63, 3.8) is 0 Å². The number of carbonyl (C=O) groups excluding carboxylic acids is 2. The molecule has 5 aromatic rings. The molecule has 2 fully saturated rings. The number of benzene rings is 2. The fourth-order valence-corrected chi connectivity index (χ4v) is 8.27. The molecular weight excluding hydrogens is 718 g/mol. The Kier molecular flexibility index (Phi) is 10.0. The van der Waals surface area contributed by atoms with Gasteiger partial charge < -0.3 is 15.4 Å². The lowest BCUT2D eigenvalue weighted by molar-refractivity contribution is -0.147. The fraction of sp³-hybridized carbons (Fsp3) is 0.359. The van der Waals surface area contributed by atoms with Crippen molar-refractivity contribution in [2.24, 2.45) is 5.92 Å². The number of methoxy groups -OCH3 is 1. The van der Waals surface area contributed by atoms with Gasteiger partial charge in [0.1, 0.15) is 11.7 Å². The van der Waals surface area contributed by atoms with E-state index < -0.39 is 6.17 Å². The van der Waals surface area contributed by atoms with Crippen LogP contribution in [0.5, 0.6) is 0 Å². The summed E-state index contributed by atoms with van der Waals surface area (Å²) >= 11 is 14.0. The zero-order valence-corrected chi connectivity index (χ0v) is 30.7. The van der Waals surface area contributed by atoms with E-state index >= 15 is 0 Å². The Balaban J connectivity index is 0.984. The number of hydrogen-bond donors (Lipinski definition) is 2. The molecule has 0 unspecified atom stereocenters. The van der Waals surface area contributed by atoms with E-state index in [4.69, 9.17) is 27.9 Å². The molecule has 0 aliphatic carbocycles. The second-order valence-electron chi connectivity index (χ2n) is 13.9. The van der Waals surface area contributed by atoms with E-state index in [9.17, 15) is 14.0 Å². The minimum atomic E-state index is -0.752. The van der Waals surface area contributed by atoms with Gasteiger partial charge in [-0.15, -0.1) is 0 Å². The molecule has 2 aromatic carbocycles. The van der Waals surface area contributed by atoms with Crippen LogP contribution >= 0.6 is 23.2 Å². The number of fused-ring (bicyclic) bond motifs is 2. The molecule has 6 heterocycles. The molecule has 1 atom stereocenters. The van der Waals surface area contributed by atoms with E-state index in [0.717, 1.165) is 62.0 Å². The van der Waals surface area contributed by atoms with Crippen LogP contribution in [0.15, 0.2) is 67.0 Å². The average Bonchev–Trinajstić information content (AvgIpc) is 3.61. The van der Waals surface area contributed by atoms with Crippen molar-refractivity contribution in [3.8, 4) is 11.1 Å². The Morgan fingerprint density at radius 3 is 2.42 bits per heavy atom. The largest absolute Gasteiger partial charge is 0.469 e. The van der Waals surface area contributed by atoms with Crippen LogP contribution in [0.4, 0.5) is 21.6 Å². The lowest BCUT2D eigenvalue weighted by atomic mass is 9.93. The quantitative estimate of drug-likeness (QED) is 0.146. The number of nitrogens with one attached hydrogen (secondary N) is 2. The van der Waals surface area contributed by atoms with E-state index in [1.54, 1.807) is 18.5 Å². The first kappa shape index (κ1) is 35.4. The number of hydrogen-bond acceptors (Lipinski definition) is 9. The van der Waals surface area contributed by atoms with Crippen molar-refractivity contribution in [2.45, 2.75) is 51.0 Å². The van der Waals surface area contributed by atoms with Crippen molar-refractivity contribution >= 4 is 63.2 Å². The summed E-state index contributed by atoms with van der Waals surface area (Å²) in [7, 11) is 1.44. The first-order valence-electron chi connectivity index (χ1n) is 17.9. The van der Waals surface area contributed by atoms with Crippen molar-refractivity contribution in [1.29, 1.82) is 0 Å². The molecule has 0 spiro atoms. The molecule has 3 aromatic heterocycles. The predicted molar refractivity (Wildman–Crippen MR) is 203 cm³/mol. The highest BCUT2D eigenvalue weighted by Crippen LogP contribution is 2.41. The Bertz CT molecular complexity index is 2180. The minimum Gasteiger partial charge on any atom is -0.469 e. The average molecular weight is 758 g/mol. The second kappa shape index (κ2) is 15.0. The van der Waals surface area contributed by atoms with Crippen LogP contribution in [0.1, 0.15) is 53.5 Å². The van der Waals surface area contributed by atoms with Crippen LogP contribution in [0.3, 0.4) is 0 Å². The SMILES string of the molecule is COC(=O)C1CCN([C@H]2CCCn3nc(C(=O)Nc4cccc(-c5cccc(Nc6nccc7cc(CN8CC(F)C8)cnc67)c5Cl)c4Cl)cc32)CC1. The number of nitrogens with zero attached hydrogens (tertiary/aromatic N) is 6. The molecule has 53 heavy (non-hydrogen) atoms. The van der Waals surface area contributed by atoms with Gasteiger partial charge in [0.2, 0.25) is 0 Å². The van der Waals surface area contributed by atoms with E-state index in [2.05, 4.69) is 30.6 Å². The molecule has 3 aliphatic rings. The van der Waals surface area contributed by atoms with E-state index in [0.29, 0.717) is 69.2 Å². The van der Waals surface area contributed by atoms with Crippen LogP contribution in [-0.4, -0.2) is 80.9 Å². The first-order valence-corrected chi connectivity index (χ1v) is 18.7. The van der Waals surface area contributed by atoms with Gasteiger partial charge in [0, 0.05) is 55.1 Å². The third kappa shape index (κ3) is 7.20. The van der Waals surface area contributed by atoms with Crippen molar-refractivity contribution in [1.82, 2.24) is 29.5 Å². The minimum absolute atomic E-state index is 0.0672. The summed E-state index contributed by atoms with van der Waals surface area (Å²) in [5.41, 5.74) is 5.39. The number of ether oxygens (including phenoxy) is 1. The van der Waals surface area contributed by atoms with Crippen LogP contribution in [0.2, 0.25) is 10.0 Å². The number of amides is 1.